The molecule has 3 atom stereocenters. The van der Waals surface area contributed by atoms with Crippen LogP contribution in [0.3, 0.4) is 0 Å². The summed E-state index contributed by atoms with van der Waals surface area (Å²) in [4.78, 5) is 22.4. The maximum absolute atomic E-state index is 11.8. The first kappa shape index (κ1) is 17.6. The molecule has 0 saturated carbocycles. The molecule has 4 heteroatoms. The van der Waals surface area contributed by atoms with E-state index in [9.17, 15) is 9.59 Å². The molecule has 0 aromatic heterocycles. The Morgan fingerprint density at radius 2 is 2.10 bits per heavy atom. The van der Waals surface area contributed by atoms with Gasteiger partial charge in [0.15, 0.2) is 0 Å². The van der Waals surface area contributed by atoms with Crippen LogP contribution in [0.2, 0.25) is 0 Å². The Morgan fingerprint density at radius 3 is 2.67 bits per heavy atom. The number of aldehydes is 1. The van der Waals surface area contributed by atoms with Crippen molar-refractivity contribution in [2.75, 3.05) is 0 Å². The Balaban J connectivity index is 2.42. The number of hydrogen-bond donors (Lipinski definition) is 1. The summed E-state index contributed by atoms with van der Waals surface area (Å²) in [6.07, 6.45) is 8.93. The summed E-state index contributed by atoms with van der Waals surface area (Å²) >= 11 is 0. The highest BCUT2D eigenvalue weighted by Gasteiger charge is 2.28. The third-order valence-corrected chi connectivity index (χ3v) is 3.62. The van der Waals surface area contributed by atoms with E-state index in [-0.39, 0.29) is 24.2 Å². The van der Waals surface area contributed by atoms with Gasteiger partial charge in [-0.25, -0.2) is 0 Å². The highest BCUT2D eigenvalue weighted by molar-refractivity contribution is 5.87. The highest BCUT2D eigenvalue weighted by atomic mass is 16.5. The zero-order chi connectivity index (χ0) is 15.8. The number of nitrogens with one attached hydrogen (secondary N) is 1. The largest absolute Gasteiger partial charge is 0.373 e. The van der Waals surface area contributed by atoms with Gasteiger partial charge in [0.25, 0.3) is 0 Å². The lowest BCUT2D eigenvalue weighted by Gasteiger charge is -2.34. The quantitative estimate of drug-likeness (QED) is 0.605. The predicted octanol–water partition coefficient (Wildman–Crippen LogP) is 2.79. The number of carbonyl (C=O) groups is 2. The van der Waals surface area contributed by atoms with Gasteiger partial charge in [0, 0.05) is 0 Å². The summed E-state index contributed by atoms with van der Waals surface area (Å²) < 4.78 is 5.92. The van der Waals surface area contributed by atoms with Gasteiger partial charge in [0.2, 0.25) is 5.91 Å². The number of ether oxygens (including phenoxy) is 1. The van der Waals surface area contributed by atoms with Gasteiger partial charge in [-0.2, -0.15) is 0 Å². The molecule has 1 heterocycles. The molecule has 0 aromatic rings. The molecule has 1 saturated heterocycles. The Kier molecular flexibility index (Phi) is 7.37. The van der Waals surface area contributed by atoms with E-state index in [1.54, 1.807) is 13.0 Å². The predicted molar refractivity (Wildman–Crippen MR) is 83.9 cm³/mol. The van der Waals surface area contributed by atoms with Gasteiger partial charge in [-0.05, 0) is 50.7 Å². The molecule has 0 aliphatic carbocycles. The fourth-order valence-electron chi connectivity index (χ4n) is 2.31. The third-order valence-electron chi connectivity index (χ3n) is 3.62. The molecule has 1 rings (SSSR count). The Bertz CT molecular complexity index is 412. The van der Waals surface area contributed by atoms with E-state index in [1.807, 2.05) is 32.9 Å². The van der Waals surface area contributed by atoms with E-state index in [0.717, 1.165) is 31.1 Å². The van der Waals surface area contributed by atoms with Gasteiger partial charge < -0.3 is 10.1 Å². The highest BCUT2D eigenvalue weighted by Crippen LogP contribution is 2.22. The summed E-state index contributed by atoms with van der Waals surface area (Å²) in [5, 5.41) is 3.00. The van der Waals surface area contributed by atoms with Gasteiger partial charge in [0.05, 0.1) is 18.2 Å². The van der Waals surface area contributed by atoms with E-state index in [1.165, 1.54) is 0 Å². The molecule has 1 N–H and O–H groups in total. The van der Waals surface area contributed by atoms with Crippen molar-refractivity contribution in [2.24, 2.45) is 5.92 Å². The fraction of sp³-hybridized carbons (Fsp3) is 0.647. The SMILES string of the molecule is C/C(C=O)=C\C[C@H]1CC[C@@H](NC(=O)/C=C\C(C)C)[C@@H](C)O1. The Labute approximate surface area is 127 Å². The lowest BCUT2D eigenvalue weighted by atomic mass is 9.97. The topological polar surface area (TPSA) is 55.4 Å². The van der Waals surface area contributed by atoms with Gasteiger partial charge in [-0.15, -0.1) is 0 Å². The molecule has 4 nitrogen and oxygen atoms in total. The van der Waals surface area contributed by atoms with Crippen molar-refractivity contribution in [2.45, 2.75) is 65.2 Å². The van der Waals surface area contributed by atoms with Gasteiger partial charge in [0.1, 0.15) is 6.29 Å². The van der Waals surface area contributed by atoms with Gasteiger partial charge in [-0.1, -0.05) is 26.0 Å². The lowest BCUT2D eigenvalue weighted by Crippen LogP contribution is -2.47. The molecule has 21 heavy (non-hydrogen) atoms. The van der Waals surface area contributed by atoms with Crippen molar-refractivity contribution in [3.05, 3.63) is 23.8 Å². The number of amides is 1. The lowest BCUT2D eigenvalue weighted by molar-refractivity contribution is -0.121. The smallest absolute Gasteiger partial charge is 0.243 e. The molecule has 0 unspecified atom stereocenters. The van der Waals surface area contributed by atoms with Crippen molar-refractivity contribution >= 4 is 12.2 Å². The maximum Gasteiger partial charge on any atom is 0.243 e. The second-order valence-corrected chi connectivity index (χ2v) is 6.06. The van der Waals surface area contributed by atoms with Crippen LogP contribution in [-0.2, 0) is 14.3 Å². The average molecular weight is 293 g/mol. The third kappa shape index (κ3) is 6.71. The van der Waals surface area contributed by atoms with Crippen molar-refractivity contribution in [3.8, 4) is 0 Å². The molecule has 118 valence electrons. The molecular formula is C17H27NO3. The van der Waals surface area contributed by atoms with Crippen molar-refractivity contribution in [1.82, 2.24) is 5.32 Å². The van der Waals surface area contributed by atoms with E-state index in [2.05, 4.69) is 5.32 Å². The summed E-state index contributed by atoms with van der Waals surface area (Å²) in [6, 6.07) is 0.0571. The minimum absolute atomic E-state index is 0.00918. The average Bonchev–Trinajstić information content (AvgIpc) is 2.45. The zero-order valence-electron chi connectivity index (χ0n) is 13.5. The van der Waals surface area contributed by atoms with Crippen LogP contribution < -0.4 is 5.32 Å². The van der Waals surface area contributed by atoms with Crippen LogP contribution in [-0.4, -0.2) is 30.4 Å². The van der Waals surface area contributed by atoms with Crippen LogP contribution in [0.1, 0.15) is 47.0 Å². The molecule has 1 amide bonds. The van der Waals surface area contributed by atoms with Crippen LogP contribution in [0.25, 0.3) is 0 Å². The molecule has 0 radical (unpaired) electrons. The van der Waals surface area contributed by atoms with E-state index < -0.39 is 0 Å². The molecule has 0 spiro atoms. The first-order valence-corrected chi connectivity index (χ1v) is 7.68. The number of rotatable bonds is 6. The van der Waals surface area contributed by atoms with Crippen LogP contribution >= 0.6 is 0 Å². The molecule has 1 aliphatic rings. The van der Waals surface area contributed by atoms with E-state index in [0.29, 0.717) is 5.92 Å². The van der Waals surface area contributed by atoms with Crippen molar-refractivity contribution in [1.29, 1.82) is 0 Å². The molecule has 1 fully saturated rings. The van der Waals surface area contributed by atoms with Crippen LogP contribution in [0.5, 0.6) is 0 Å². The first-order chi connectivity index (χ1) is 9.92. The molecular weight excluding hydrogens is 266 g/mol. The van der Waals surface area contributed by atoms with Crippen LogP contribution in [0.4, 0.5) is 0 Å². The summed E-state index contributed by atoms with van der Waals surface area (Å²) in [5.41, 5.74) is 0.737. The summed E-state index contributed by atoms with van der Waals surface area (Å²) in [5.74, 6) is 0.312. The van der Waals surface area contributed by atoms with Crippen molar-refractivity contribution < 1.29 is 14.3 Å². The standard InChI is InChI=1S/C17H27NO3/c1-12(2)5-10-17(20)18-16-9-8-15(21-14(16)4)7-6-13(3)11-19/h5-6,10-12,14-16H,7-9H2,1-4H3,(H,18,20)/b10-5-,13-6+/t14-,15+,16-/m1/s1. The number of carbonyl (C=O) groups excluding carboxylic acids is 2. The van der Waals surface area contributed by atoms with E-state index >= 15 is 0 Å². The monoisotopic (exact) mass is 293 g/mol. The molecule has 0 aromatic carbocycles. The van der Waals surface area contributed by atoms with Crippen LogP contribution in [0.15, 0.2) is 23.8 Å². The zero-order valence-corrected chi connectivity index (χ0v) is 13.5. The summed E-state index contributed by atoms with van der Waals surface area (Å²) in [7, 11) is 0. The van der Waals surface area contributed by atoms with Crippen molar-refractivity contribution in [3.63, 3.8) is 0 Å². The van der Waals surface area contributed by atoms with Gasteiger partial charge >= 0.3 is 0 Å². The molecule has 0 bridgehead atoms. The number of allylic oxidation sites excluding steroid dienone is 2. The number of hydrogen-bond acceptors (Lipinski definition) is 3. The second-order valence-electron chi connectivity index (χ2n) is 6.06. The van der Waals surface area contributed by atoms with Crippen LogP contribution in [0, 0.1) is 5.92 Å². The fourth-order valence-corrected chi connectivity index (χ4v) is 2.31. The minimum atomic E-state index is -0.0562. The maximum atomic E-state index is 11.8. The summed E-state index contributed by atoms with van der Waals surface area (Å²) in [6.45, 7) is 7.86. The van der Waals surface area contributed by atoms with E-state index in [4.69, 9.17) is 4.74 Å². The normalized spacial score (nSPS) is 27.1. The second kappa shape index (κ2) is 8.78. The first-order valence-electron chi connectivity index (χ1n) is 7.68. The minimum Gasteiger partial charge on any atom is -0.373 e. The Hall–Kier alpha value is -1.42. The Morgan fingerprint density at radius 1 is 1.38 bits per heavy atom. The molecule has 1 aliphatic heterocycles. The van der Waals surface area contributed by atoms with Gasteiger partial charge in [-0.3, -0.25) is 9.59 Å².